The van der Waals surface area contributed by atoms with E-state index in [9.17, 15) is 0 Å². The lowest BCUT2D eigenvalue weighted by Gasteiger charge is -2.49. The van der Waals surface area contributed by atoms with E-state index in [4.69, 9.17) is 4.52 Å². The number of rotatable bonds is 6. The highest BCUT2D eigenvalue weighted by atomic mass is 16.5. The van der Waals surface area contributed by atoms with Gasteiger partial charge in [0, 0.05) is 38.0 Å². The van der Waals surface area contributed by atoms with Gasteiger partial charge in [0.15, 0.2) is 5.82 Å². The van der Waals surface area contributed by atoms with Crippen molar-refractivity contribution in [2.24, 2.45) is 0 Å². The molecule has 2 saturated heterocycles. The van der Waals surface area contributed by atoms with E-state index in [2.05, 4.69) is 27.3 Å². The molecule has 0 aromatic carbocycles. The largest absolute Gasteiger partial charge is 0.340 e. The second kappa shape index (κ2) is 6.88. The van der Waals surface area contributed by atoms with Gasteiger partial charge in [0.05, 0.1) is 0 Å². The third kappa shape index (κ3) is 3.64. The number of aromatic nitrogens is 2. The lowest BCUT2D eigenvalue weighted by molar-refractivity contribution is 0.0252. The first-order valence-electron chi connectivity index (χ1n) is 8.54. The van der Waals surface area contributed by atoms with Crippen LogP contribution in [0.4, 0.5) is 0 Å². The van der Waals surface area contributed by atoms with Crippen LogP contribution in [0.3, 0.4) is 0 Å². The van der Waals surface area contributed by atoms with Crippen molar-refractivity contribution in [1.82, 2.24) is 20.4 Å². The third-order valence-electron chi connectivity index (χ3n) is 4.97. The van der Waals surface area contributed by atoms with Crippen LogP contribution in [0, 0.1) is 6.92 Å². The molecule has 3 heterocycles. The molecule has 0 radical (unpaired) electrons. The zero-order valence-corrected chi connectivity index (χ0v) is 13.3. The van der Waals surface area contributed by atoms with Gasteiger partial charge >= 0.3 is 0 Å². The molecule has 118 valence electrons. The number of aryl methyl sites for hydroxylation is 1. The fourth-order valence-electron chi connectivity index (χ4n) is 4.03. The van der Waals surface area contributed by atoms with E-state index < -0.39 is 0 Å². The summed E-state index contributed by atoms with van der Waals surface area (Å²) in [7, 11) is 0. The lowest BCUT2D eigenvalue weighted by Crippen LogP contribution is -2.56. The number of nitrogens with zero attached hydrogens (tertiary/aromatic N) is 3. The molecule has 0 amide bonds. The van der Waals surface area contributed by atoms with Crippen molar-refractivity contribution in [3.8, 4) is 0 Å². The Morgan fingerprint density at radius 3 is 2.67 bits per heavy atom. The van der Waals surface area contributed by atoms with Crippen molar-refractivity contribution >= 4 is 0 Å². The molecule has 0 saturated carbocycles. The number of hydrogen-bond acceptors (Lipinski definition) is 5. The van der Waals surface area contributed by atoms with Crippen molar-refractivity contribution in [1.29, 1.82) is 0 Å². The Kier molecular flexibility index (Phi) is 4.91. The number of fused-ring (bicyclic) bond motifs is 2. The van der Waals surface area contributed by atoms with Crippen molar-refractivity contribution in [3.63, 3.8) is 0 Å². The Bertz CT molecular complexity index is 433. The van der Waals surface area contributed by atoms with E-state index >= 15 is 0 Å². The maximum Gasteiger partial charge on any atom is 0.223 e. The highest BCUT2D eigenvalue weighted by molar-refractivity contribution is 4.96. The minimum Gasteiger partial charge on any atom is -0.340 e. The molecule has 5 nitrogen and oxygen atoms in total. The van der Waals surface area contributed by atoms with E-state index in [1.165, 1.54) is 38.5 Å². The number of hydrogen-bond donors (Lipinski definition) is 1. The summed E-state index contributed by atoms with van der Waals surface area (Å²) in [6.45, 7) is 6.34. The first-order valence-corrected chi connectivity index (χ1v) is 8.54. The third-order valence-corrected chi connectivity index (χ3v) is 4.97. The van der Waals surface area contributed by atoms with Crippen LogP contribution in [0.15, 0.2) is 4.52 Å². The van der Waals surface area contributed by atoms with Gasteiger partial charge in [-0.25, -0.2) is 0 Å². The number of nitrogens with one attached hydrogen (secondary N) is 1. The normalized spacial score (nSPS) is 29.7. The van der Waals surface area contributed by atoms with Gasteiger partial charge in [-0.3, -0.25) is 4.90 Å². The minimum absolute atomic E-state index is 0.674. The molecule has 1 N–H and O–H groups in total. The zero-order chi connectivity index (χ0) is 14.7. The second-order valence-electron chi connectivity index (χ2n) is 6.58. The predicted octanol–water partition coefficient (Wildman–Crippen LogP) is 2.31. The molecule has 2 unspecified atom stereocenters. The molecule has 0 spiro atoms. The summed E-state index contributed by atoms with van der Waals surface area (Å²) in [6.07, 6.45) is 8.86. The molecule has 2 atom stereocenters. The highest BCUT2D eigenvalue weighted by Gasteiger charge is 2.37. The van der Waals surface area contributed by atoms with Gasteiger partial charge in [0.25, 0.3) is 0 Å². The number of piperidine rings is 2. The van der Waals surface area contributed by atoms with Crippen LogP contribution in [0.1, 0.15) is 57.2 Å². The van der Waals surface area contributed by atoms with Crippen LogP contribution < -0.4 is 5.32 Å². The van der Waals surface area contributed by atoms with Crippen LogP contribution in [-0.4, -0.2) is 46.3 Å². The van der Waals surface area contributed by atoms with Crippen molar-refractivity contribution in [2.75, 3.05) is 13.1 Å². The Balaban J connectivity index is 1.56. The fraction of sp³-hybridized carbons (Fsp3) is 0.875. The average molecular weight is 292 g/mol. The van der Waals surface area contributed by atoms with Crippen LogP contribution in [0.2, 0.25) is 0 Å². The van der Waals surface area contributed by atoms with E-state index in [-0.39, 0.29) is 0 Å². The van der Waals surface area contributed by atoms with Gasteiger partial charge in [0.1, 0.15) is 0 Å². The maximum atomic E-state index is 5.07. The summed E-state index contributed by atoms with van der Waals surface area (Å²) in [6, 6.07) is 2.23. The van der Waals surface area contributed by atoms with Crippen molar-refractivity contribution < 1.29 is 4.52 Å². The molecule has 0 aliphatic carbocycles. The van der Waals surface area contributed by atoms with Crippen LogP contribution in [-0.2, 0) is 6.42 Å². The van der Waals surface area contributed by atoms with Gasteiger partial charge in [-0.15, -0.1) is 0 Å². The predicted molar refractivity (Wildman–Crippen MR) is 82.2 cm³/mol. The topological polar surface area (TPSA) is 54.2 Å². The summed E-state index contributed by atoms with van der Waals surface area (Å²) < 4.78 is 5.07. The Hall–Kier alpha value is -0.940. The van der Waals surface area contributed by atoms with Crippen molar-refractivity contribution in [2.45, 2.75) is 76.9 Å². The molecule has 21 heavy (non-hydrogen) atoms. The zero-order valence-electron chi connectivity index (χ0n) is 13.3. The fourth-order valence-corrected chi connectivity index (χ4v) is 4.03. The Morgan fingerprint density at radius 2 is 2.05 bits per heavy atom. The molecule has 2 bridgehead atoms. The Morgan fingerprint density at radius 1 is 1.29 bits per heavy atom. The van der Waals surface area contributed by atoms with Gasteiger partial charge in [0.2, 0.25) is 5.89 Å². The Labute approximate surface area is 127 Å². The van der Waals surface area contributed by atoms with E-state index in [1.54, 1.807) is 0 Å². The van der Waals surface area contributed by atoms with Gasteiger partial charge in [-0.1, -0.05) is 18.5 Å². The molecule has 2 fully saturated rings. The summed E-state index contributed by atoms with van der Waals surface area (Å²) in [5.74, 6) is 1.53. The molecule has 3 rings (SSSR count). The minimum atomic E-state index is 0.674. The maximum absolute atomic E-state index is 5.07. The molecule has 1 aromatic rings. The van der Waals surface area contributed by atoms with Crippen LogP contribution >= 0.6 is 0 Å². The SMILES string of the molecule is CCCNC1CC2CCCC(C1)N2CCc1noc(C)n1. The van der Waals surface area contributed by atoms with E-state index in [0.29, 0.717) is 5.89 Å². The quantitative estimate of drug-likeness (QED) is 0.872. The standard InChI is InChI=1S/C16H28N4O/c1-3-8-17-13-10-14-5-4-6-15(11-13)20(14)9-7-16-18-12(2)21-19-16/h13-15,17H,3-11H2,1-2H3. The molecule has 5 heteroatoms. The molecule has 2 aliphatic heterocycles. The molecular formula is C16H28N4O. The molecular weight excluding hydrogens is 264 g/mol. The first-order chi connectivity index (χ1) is 10.3. The smallest absolute Gasteiger partial charge is 0.223 e. The van der Waals surface area contributed by atoms with Gasteiger partial charge in [-0.05, 0) is 38.6 Å². The highest BCUT2D eigenvalue weighted by Crippen LogP contribution is 2.34. The molecule has 1 aromatic heterocycles. The monoisotopic (exact) mass is 292 g/mol. The van der Waals surface area contributed by atoms with Crippen molar-refractivity contribution in [3.05, 3.63) is 11.7 Å². The van der Waals surface area contributed by atoms with Crippen LogP contribution in [0.25, 0.3) is 0 Å². The second-order valence-corrected chi connectivity index (χ2v) is 6.58. The summed E-state index contributed by atoms with van der Waals surface area (Å²) in [5.41, 5.74) is 0. The van der Waals surface area contributed by atoms with Crippen LogP contribution in [0.5, 0.6) is 0 Å². The lowest BCUT2D eigenvalue weighted by atomic mass is 9.81. The summed E-state index contributed by atoms with van der Waals surface area (Å²) >= 11 is 0. The summed E-state index contributed by atoms with van der Waals surface area (Å²) in [5, 5.41) is 7.76. The van der Waals surface area contributed by atoms with Gasteiger partial charge < -0.3 is 9.84 Å². The first kappa shape index (κ1) is 15.0. The van der Waals surface area contributed by atoms with E-state index in [0.717, 1.165) is 43.5 Å². The average Bonchev–Trinajstić information content (AvgIpc) is 2.88. The van der Waals surface area contributed by atoms with Gasteiger partial charge in [-0.2, -0.15) is 4.98 Å². The molecule has 2 aliphatic rings. The van der Waals surface area contributed by atoms with E-state index in [1.807, 2.05) is 6.92 Å². The summed E-state index contributed by atoms with van der Waals surface area (Å²) in [4.78, 5) is 7.05.